The first-order valence-electron chi connectivity index (χ1n) is 2.92. The summed E-state index contributed by atoms with van der Waals surface area (Å²) in [7, 11) is 0. The molecule has 0 radical (unpaired) electrons. The normalized spacial score (nSPS) is 10.8. The van der Waals surface area contributed by atoms with Crippen molar-refractivity contribution in [1.82, 2.24) is 0 Å². The molecule has 0 aromatic heterocycles. The Morgan fingerprint density at radius 3 is 2.20 bits per heavy atom. The Labute approximate surface area is 61.1 Å². The van der Waals surface area contributed by atoms with Crippen LogP contribution in [0.2, 0.25) is 0 Å². The highest BCUT2D eigenvalue weighted by atomic mass is 19.1. The molecule has 1 heteroatoms. The highest BCUT2D eigenvalue weighted by Crippen LogP contribution is 2.09. The summed E-state index contributed by atoms with van der Waals surface area (Å²) in [5.41, 5.74) is 1.36. The van der Waals surface area contributed by atoms with Gasteiger partial charge in [-0.25, -0.2) is 4.39 Å². The van der Waals surface area contributed by atoms with E-state index in [2.05, 4.69) is 19.7 Å². The van der Waals surface area contributed by atoms with E-state index in [-0.39, 0.29) is 5.83 Å². The molecule has 0 rings (SSSR count). The molecule has 0 nitrogen and oxygen atoms in total. The molecule has 0 fully saturated rings. The maximum atomic E-state index is 12.4. The van der Waals surface area contributed by atoms with Gasteiger partial charge in [-0.05, 0) is 24.6 Å². The van der Waals surface area contributed by atoms with E-state index in [1.54, 1.807) is 6.92 Å². The highest BCUT2D eigenvalue weighted by Gasteiger charge is 1.90. The zero-order valence-electron chi connectivity index (χ0n) is 6.15. The van der Waals surface area contributed by atoms with Gasteiger partial charge in [0.2, 0.25) is 0 Å². The van der Waals surface area contributed by atoms with Gasteiger partial charge in [-0.3, -0.25) is 0 Å². The SMILES string of the molecule is C=C/C(F)=C\C(=C)C(=C)C. The van der Waals surface area contributed by atoms with Crippen LogP contribution in [0, 0.1) is 0 Å². The molecule has 0 spiro atoms. The lowest BCUT2D eigenvalue weighted by Gasteiger charge is -1.94. The topological polar surface area (TPSA) is 0 Å². The summed E-state index contributed by atoms with van der Waals surface area (Å²) in [6.07, 6.45) is 2.43. The van der Waals surface area contributed by atoms with Crippen LogP contribution >= 0.6 is 0 Å². The Hall–Kier alpha value is -1.11. The Morgan fingerprint density at radius 2 is 1.90 bits per heavy atom. The lowest BCUT2D eigenvalue weighted by atomic mass is 10.1. The van der Waals surface area contributed by atoms with Crippen molar-refractivity contribution in [2.45, 2.75) is 6.92 Å². The van der Waals surface area contributed by atoms with Crippen LogP contribution in [0.1, 0.15) is 6.92 Å². The standard InChI is InChI=1S/C9H11F/c1-5-9(10)6-8(4)7(2)3/h5-6H,1-2,4H2,3H3/b9-6+. The van der Waals surface area contributed by atoms with Crippen LogP contribution in [-0.4, -0.2) is 0 Å². The summed E-state index contributed by atoms with van der Waals surface area (Å²) >= 11 is 0. The predicted molar refractivity (Wildman–Crippen MR) is 43.3 cm³/mol. The Bertz CT molecular complexity index is 197. The van der Waals surface area contributed by atoms with E-state index < -0.39 is 0 Å². The van der Waals surface area contributed by atoms with Gasteiger partial charge in [-0.2, -0.15) is 0 Å². The minimum absolute atomic E-state index is 0.381. The molecule has 54 valence electrons. The molecular formula is C9H11F. The number of hydrogen-bond donors (Lipinski definition) is 0. The van der Waals surface area contributed by atoms with Gasteiger partial charge in [-0.1, -0.05) is 25.3 Å². The first-order chi connectivity index (χ1) is 4.57. The molecule has 0 aliphatic rings. The molecule has 0 unspecified atom stereocenters. The number of allylic oxidation sites excluding steroid dienone is 5. The third-order valence-electron chi connectivity index (χ3n) is 1.06. The van der Waals surface area contributed by atoms with Crippen LogP contribution in [0.4, 0.5) is 4.39 Å². The quantitative estimate of drug-likeness (QED) is 0.525. The lowest BCUT2D eigenvalue weighted by molar-refractivity contribution is 0.667. The van der Waals surface area contributed by atoms with E-state index in [0.29, 0.717) is 5.57 Å². The van der Waals surface area contributed by atoms with Crippen molar-refractivity contribution in [3.8, 4) is 0 Å². The molecular weight excluding hydrogens is 127 g/mol. The first kappa shape index (κ1) is 8.89. The molecule has 0 amide bonds. The smallest absolute Gasteiger partial charge is 0.123 e. The zero-order valence-corrected chi connectivity index (χ0v) is 6.15. The van der Waals surface area contributed by atoms with Gasteiger partial charge in [0, 0.05) is 0 Å². The van der Waals surface area contributed by atoms with Gasteiger partial charge in [0.25, 0.3) is 0 Å². The minimum atomic E-state index is -0.381. The third-order valence-corrected chi connectivity index (χ3v) is 1.06. The molecule has 0 atom stereocenters. The monoisotopic (exact) mass is 138 g/mol. The minimum Gasteiger partial charge on any atom is -0.207 e. The van der Waals surface area contributed by atoms with Crippen LogP contribution < -0.4 is 0 Å². The average molecular weight is 138 g/mol. The van der Waals surface area contributed by atoms with Gasteiger partial charge >= 0.3 is 0 Å². The summed E-state index contributed by atoms with van der Waals surface area (Å²) in [6.45, 7) is 12.2. The maximum Gasteiger partial charge on any atom is 0.123 e. The average Bonchev–Trinajstić information content (AvgIpc) is 1.87. The highest BCUT2D eigenvalue weighted by molar-refractivity contribution is 5.36. The van der Waals surface area contributed by atoms with Gasteiger partial charge in [-0.15, -0.1) is 0 Å². The maximum absolute atomic E-state index is 12.4. The van der Waals surface area contributed by atoms with Gasteiger partial charge < -0.3 is 0 Å². The van der Waals surface area contributed by atoms with Crippen molar-refractivity contribution in [2.24, 2.45) is 0 Å². The largest absolute Gasteiger partial charge is 0.207 e. The summed E-state index contributed by atoms with van der Waals surface area (Å²) in [6, 6.07) is 0. The molecule has 0 saturated heterocycles. The van der Waals surface area contributed by atoms with Crippen molar-refractivity contribution >= 4 is 0 Å². The molecule has 10 heavy (non-hydrogen) atoms. The fourth-order valence-electron chi connectivity index (χ4n) is 0.349. The third kappa shape index (κ3) is 3.02. The molecule has 0 aromatic rings. The number of halogens is 1. The summed E-state index contributed by atoms with van der Waals surface area (Å²) in [4.78, 5) is 0. The van der Waals surface area contributed by atoms with E-state index >= 15 is 0 Å². The van der Waals surface area contributed by atoms with Crippen molar-refractivity contribution in [3.05, 3.63) is 48.9 Å². The second-order valence-corrected chi connectivity index (χ2v) is 2.04. The molecule has 0 bridgehead atoms. The molecule has 0 saturated carbocycles. The number of hydrogen-bond acceptors (Lipinski definition) is 0. The molecule has 0 aliphatic heterocycles. The van der Waals surface area contributed by atoms with Crippen molar-refractivity contribution in [3.63, 3.8) is 0 Å². The van der Waals surface area contributed by atoms with Crippen LogP contribution in [0.25, 0.3) is 0 Å². The van der Waals surface area contributed by atoms with E-state index in [1.165, 1.54) is 6.08 Å². The van der Waals surface area contributed by atoms with Crippen LogP contribution in [-0.2, 0) is 0 Å². The van der Waals surface area contributed by atoms with E-state index in [0.717, 1.165) is 11.6 Å². The van der Waals surface area contributed by atoms with E-state index in [9.17, 15) is 4.39 Å². The molecule has 0 N–H and O–H groups in total. The Kier molecular flexibility index (Phi) is 3.40. The van der Waals surface area contributed by atoms with Gasteiger partial charge in [0.05, 0.1) is 0 Å². The van der Waals surface area contributed by atoms with Crippen molar-refractivity contribution in [2.75, 3.05) is 0 Å². The predicted octanol–water partition coefficient (Wildman–Crippen LogP) is 3.16. The van der Waals surface area contributed by atoms with Crippen molar-refractivity contribution in [1.29, 1.82) is 0 Å². The van der Waals surface area contributed by atoms with E-state index in [4.69, 9.17) is 0 Å². The van der Waals surface area contributed by atoms with Gasteiger partial charge in [0.15, 0.2) is 0 Å². The van der Waals surface area contributed by atoms with E-state index in [1.807, 2.05) is 0 Å². The molecule has 0 aliphatic carbocycles. The molecule has 0 heterocycles. The summed E-state index contributed by atoms with van der Waals surface area (Å²) < 4.78 is 12.4. The van der Waals surface area contributed by atoms with Crippen molar-refractivity contribution < 1.29 is 4.39 Å². The second-order valence-electron chi connectivity index (χ2n) is 2.04. The zero-order chi connectivity index (χ0) is 8.15. The first-order valence-corrected chi connectivity index (χ1v) is 2.92. The lowest BCUT2D eigenvalue weighted by Crippen LogP contribution is -1.75. The summed E-state index contributed by atoms with van der Waals surface area (Å²) in [5.74, 6) is -0.381. The Morgan fingerprint density at radius 1 is 1.40 bits per heavy atom. The summed E-state index contributed by atoms with van der Waals surface area (Å²) in [5, 5.41) is 0. The Balaban J connectivity index is 4.27. The van der Waals surface area contributed by atoms with Crippen LogP contribution in [0.3, 0.4) is 0 Å². The fraction of sp³-hybridized carbons (Fsp3) is 0.111. The fourth-order valence-corrected chi connectivity index (χ4v) is 0.349. The molecule has 0 aromatic carbocycles. The van der Waals surface area contributed by atoms with Gasteiger partial charge in [0.1, 0.15) is 5.83 Å². The number of rotatable bonds is 3. The van der Waals surface area contributed by atoms with Crippen LogP contribution in [0.5, 0.6) is 0 Å². The second kappa shape index (κ2) is 3.83. The van der Waals surface area contributed by atoms with Crippen LogP contribution in [0.15, 0.2) is 48.9 Å².